The van der Waals surface area contributed by atoms with Gasteiger partial charge in [0.25, 0.3) is 5.91 Å². The van der Waals surface area contributed by atoms with Crippen molar-refractivity contribution in [1.82, 2.24) is 0 Å². The second-order valence-corrected chi connectivity index (χ2v) is 5.52. The Hall–Kier alpha value is -2.68. The van der Waals surface area contributed by atoms with E-state index in [-0.39, 0.29) is 21.9 Å². The van der Waals surface area contributed by atoms with E-state index < -0.39 is 5.91 Å². The van der Waals surface area contributed by atoms with Gasteiger partial charge in [0.2, 0.25) is 0 Å². The van der Waals surface area contributed by atoms with E-state index in [0.29, 0.717) is 16.5 Å². The first-order valence-corrected chi connectivity index (χ1v) is 7.45. The van der Waals surface area contributed by atoms with Gasteiger partial charge in [0.05, 0.1) is 17.8 Å². The van der Waals surface area contributed by atoms with Crippen molar-refractivity contribution < 1.29 is 14.6 Å². The zero-order chi connectivity index (χ0) is 17.7. The maximum atomic E-state index is 12.2. The van der Waals surface area contributed by atoms with Crippen LogP contribution >= 0.6 is 23.2 Å². The van der Waals surface area contributed by atoms with Gasteiger partial charge in [-0.2, -0.15) is 5.26 Å². The zero-order valence-electron chi connectivity index (χ0n) is 12.5. The lowest BCUT2D eigenvalue weighted by molar-refractivity contribution is -0.112. The molecule has 0 aliphatic rings. The SMILES string of the molecule is COc1ccc(O)c(C=C(C#N)C(=O)Nc2ccc(Cl)cc2Cl)c1. The van der Waals surface area contributed by atoms with Gasteiger partial charge in [-0.25, -0.2) is 0 Å². The summed E-state index contributed by atoms with van der Waals surface area (Å²) in [4.78, 5) is 12.2. The number of methoxy groups -OCH3 is 1. The van der Waals surface area contributed by atoms with E-state index in [0.717, 1.165) is 0 Å². The average Bonchev–Trinajstić information content (AvgIpc) is 2.56. The highest BCUT2D eigenvalue weighted by molar-refractivity contribution is 6.36. The molecule has 24 heavy (non-hydrogen) atoms. The van der Waals surface area contributed by atoms with Gasteiger partial charge in [0.15, 0.2) is 0 Å². The van der Waals surface area contributed by atoms with Crippen LogP contribution < -0.4 is 10.1 Å². The quantitative estimate of drug-likeness (QED) is 0.628. The van der Waals surface area contributed by atoms with Crippen LogP contribution in [0.4, 0.5) is 5.69 Å². The van der Waals surface area contributed by atoms with Gasteiger partial charge in [-0.05, 0) is 42.5 Å². The Morgan fingerprint density at radius 2 is 2.04 bits per heavy atom. The number of rotatable bonds is 4. The Labute approximate surface area is 148 Å². The smallest absolute Gasteiger partial charge is 0.266 e. The minimum Gasteiger partial charge on any atom is -0.507 e. The molecule has 0 aliphatic heterocycles. The summed E-state index contributed by atoms with van der Waals surface area (Å²) >= 11 is 11.8. The number of anilines is 1. The maximum Gasteiger partial charge on any atom is 0.266 e. The number of nitriles is 1. The van der Waals surface area contributed by atoms with Crippen molar-refractivity contribution in [3.05, 3.63) is 57.6 Å². The number of carbonyl (C=O) groups excluding carboxylic acids is 1. The van der Waals surface area contributed by atoms with Crippen LogP contribution in [0.2, 0.25) is 10.0 Å². The Bertz CT molecular complexity index is 857. The molecule has 5 nitrogen and oxygen atoms in total. The Morgan fingerprint density at radius 3 is 2.67 bits per heavy atom. The molecule has 0 saturated heterocycles. The molecule has 2 N–H and O–H groups in total. The first-order chi connectivity index (χ1) is 11.4. The predicted octanol–water partition coefficient (Wildman–Crippen LogP) is 4.25. The summed E-state index contributed by atoms with van der Waals surface area (Å²) in [6.07, 6.45) is 1.26. The largest absolute Gasteiger partial charge is 0.507 e. The highest BCUT2D eigenvalue weighted by Gasteiger charge is 2.13. The molecule has 2 rings (SSSR count). The molecule has 0 unspecified atom stereocenters. The maximum absolute atomic E-state index is 12.2. The number of ether oxygens (including phenoxy) is 1. The fourth-order valence-electron chi connectivity index (χ4n) is 1.86. The number of halogens is 2. The normalized spacial score (nSPS) is 10.8. The summed E-state index contributed by atoms with van der Waals surface area (Å²) in [5.74, 6) is -0.262. The van der Waals surface area contributed by atoms with Crippen LogP contribution in [0.15, 0.2) is 42.0 Å². The van der Waals surface area contributed by atoms with Gasteiger partial charge in [-0.3, -0.25) is 4.79 Å². The predicted molar refractivity (Wildman–Crippen MR) is 93.3 cm³/mol. The Morgan fingerprint density at radius 1 is 1.29 bits per heavy atom. The van der Waals surface area contributed by atoms with Gasteiger partial charge in [-0.15, -0.1) is 0 Å². The van der Waals surface area contributed by atoms with Gasteiger partial charge < -0.3 is 15.2 Å². The molecular weight excluding hydrogens is 351 g/mol. The molecule has 0 radical (unpaired) electrons. The highest BCUT2D eigenvalue weighted by atomic mass is 35.5. The van der Waals surface area contributed by atoms with Crippen LogP contribution in [0.3, 0.4) is 0 Å². The molecule has 0 atom stereocenters. The molecule has 0 aliphatic carbocycles. The molecule has 2 aromatic rings. The fourth-order valence-corrected chi connectivity index (χ4v) is 2.32. The van der Waals surface area contributed by atoms with Crippen LogP contribution in [0.5, 0.6) is 11.5 Å². The lowest BCUT2D eigenvalue weighted by Gasteiger charge is -2.07. The molecular formula is C17H12Cl2N2O3. The molecule has 1 amide bonds. The number of nitrogens with zero attached hydrogens (tertiary/aromatic N) is 1. The molecule has 122 valence electrons. The number of amides is 1. The summed E-state index contributed by atoms with van der Waals surface area (Å²) in [7, 11) is 1.47. The monoisotopic (exact) mass is 362 g/mol. The van der Waals surface area contributed by atoms with Crippen LogP contribution in [-0.2, 0) is 4.79 Å². The van der Waals surface area contributed by atoms with Crippen molar-refractivity contribution in [2.24, 2.45) is 0 Å². The molecule has 2 aromatic carbocycles. The summed E-state index contributed by atoms with van der Waals surface area (Å²) in [6, 6.07) is 10.8. The number of hydrogen-bond donors (Lipinski definition) is 2. The van der Waals surface area contributed by atoms with E-state index in [9.17, 15) is 15.2 Å². The topological polar surface area (TPSA) is 82.3 Å². The number of phenols is 1. The van der Waals surface area contributed by atoms with E-state index in [2.05, 4.69) is 5.32 Å². The van der Waals surface area contributed by atoms with Crippen molar-refractivity contribution in [3.8, 4) is 17.6 Å². The van der Waals surface area contributed by atoms with Crippen LogP contribution in [0, 0.1) is 11.3 Å². The Kier molecular flexibility index (Phi) is 5.69. The minimum atomic E-state index is -0.663. The zero-order valence-corrected chi connectivity index (χ0v) is 14.0. The molecule has 0 heterocycles. The van der Waals surface area contributed by atoms with E-state index in [1.807, 2.05) is 0 Å². The van der Waals surface area contributed by atoms with Crippen molar-refractivity contribution in [1.29, 1.82) is 5.26 Å². The van der Waals surface area contributed by atoms with Gasteiger partial charge in [0.1, 0.15) is 23.1 Å². The number of aromatic hydroxyl groups is 1. The van der Waals surface area contributed by atoms with Crippen LogP contribution in [0.25, 0.3) is 6.08 Å². The second kappa shape index (κ2) is 7.73. The third-order valence-corrected chi connectivity index (χ3v) is 3.63. The first-order valence-electron chi connectivity index (χ1n) is 6.70. The van der Waals surface area contributed by atoms with Crippen molar-refractivity contribution in [2.45, 2.75) is 0 Å². The molecule has 0 aromatic heterocycles. The van der Waals surface area contributed by atoms with Crippen molar-refractivity contribution in [3.63, 3.8) is 0 Å². The number of hydrogen-bond acceptors (Lipinski definition) is 4. The van der Waals surface area contributed by atoms with Gasteiger partial charge >= 0.3 is 0 Å². The first kappa shape index (κ1) is 17.7. The van der Waals surface area contributed by atoms with Gasteiger partial charge in [-0.1, -0.05) is 23.2 Å². The molecule has 0 fully saturated rings. The minimum absolute atomic E-state index is 0.0825. The van der Waals surface area contributed by atoms with E-state index in [1.165, 1.54) is 37.5 Å². The Balaban J connectivity index is 2.31. The molecule has 0 saturated carbocycles. The van der Waals surface area contributed by atoms with Crippen LogP contribution in [-0.4, -0.2) is 18.1 Å². The van der Waals surface area contributed by atoms with E-state index >= 15 is 0 Å². The standard InChI is InChI=1S/C17H12Cl2N2O3/c1-24-13-3-5-16(22)10(7-13)6-11(9-20)17(23)21-15-4-2-12(18)8-14(15)19/h2-8,22H,1H3,(H,21,23). The fraction of sp³-hybridized carbons (Fsp3) is 0.0588. The van der Waals surface area contributed by atoms with E-state index in [4.69, 9.17) is 27.9 Å². The summed E-state index contributed by atoms with van der Waals surface area (Å²) < 4.78 is 5.05. The molecule has 0 bridgehead atoms. The number of benzene rings is 2. The third-order valence-electron chi connectivity index (χ3n) is 3.08. The number of phenolic OH excluding ortho intramolecular Hbond substituents is 1. The summed E-state index contributed by atoms with van der Waals surface area (Å²) in [5, 5.41) is 22.3. The van der Waals surface area contributed by atoms with Gasteiger partial charge in [0, 0.05) is 10.6 Å². The summed E-state index contributed by atoms with van der Waals surface area (Å²) in [5.41, 5.74) is 0.398. The average molecular weight is 363 g/mol. The third kappa shape index (κ3) is 4.19. The van der Waals surface area contributed by atoms with E-state index in [1.54, 1.807) is 18.2 Å². The second-order valence-electron chi connectivity index (χ2n) is 4.67. The molecule has 7 heteroatoms. The van der Waals surface area contributed by atoms with Crippen molar-refractivity contribution >= 4 is 40.9 Å². The molecule has 0 spiro atoms. The van der Waals surface area contributed by atoms with Crippen LogP contribution in [0.1, 0.15) is 5.56 Å². The summed E-state index contributed by atoms with van der Waals surface area (Å²) in [6.45, 7) is 0. The lowest BCUT2D eigenvalue weighted by Crippen LogP contribution is -2.13. The highest BCUT2D eigenvalue weighted by Crippen LogP contribution is 2.27. The lowest BCUT2D eigenvalue weighted by atomic mass is 10.1. The number of nitrogens with one attached hydrogen (secondary N) is 1. The van der Waals surface area contributed by atoms with Crippen molar-refractivity contribution in [2.75, 3.05) is 12.4 Å². The number of carbonyl (C=O) groups is 1.